The van der Waals surface area contributed by atoms with E-state index in [9.17, 15) is 4.79 Å². The van der Waals surface area contributed by atoms with Crippen LogP contribution in [-0.4, -0.2) is 11.1 Å². The topological polar surface area (TPSA) is 37.3 Å². The average molecular weight is 152 g/mol. The largest absolute Gasteiger partial charge is 0.478 e. The Bertz CT molecular complexity index is 218. The van der Waals surface area contributed by atoms with Gasteiger partial charge in [-0.3, -0.25) is 0 Å². The summed E-state index contributed by atoms with van der Waals surface area (Å²) in [4.78, 5) is 10.4. The molecule has 2 fully saturated rings. The fraction of sp³-hybridized carbons (Fsp3) is 0.667. The van der Waals surface area contributed by atoms with Crippen molar-refractivity contribution in [2.75, 3.05) is 0 Å². The van der Waals surface area contributed by atoms with E-state index in [-0.39, 0.29) is 0 Å². The number of hydrogen-bond acceptors (Lipinski definition) is 1. The molecule has 2 aliphatic carbocycles. The van der Waals surface area contributed by atoms with Gasteiger partial charge in [-0.25, -0.2) is 4.79 Å². The fourth-order valence-electron chi connectivity index (χ4n) is 2.43. The smallest absolute Gasteiger partial charge is 0.328 e. The first-order chi connectivity index (χ1) is 5.25. The predicted octanol–water partition coefficient (Wildman–Crippen LogP) is 1.82. The van der Waals surface area contributed by atoms with E-state index >= 15 is 0 Å². The molecule has 0 aromatic carbocycles. The molecular weight excluding hydrogens is 140 g/mol. The van der Waals surface area contributed by atoms with Crippen LogP contribution in [0, 0.1) is 11.8 Å². The molecule has 0 aromatic heterocycles. The lowest BCUT2D eigenvalue weighted by Gasteiger charge is -2.11. The highest BCUT2D eigenvalue weighted by molar-refractivity contribution is 5.80. The number of fused-ring (bicyclic) bond motifs is 2. The predicted molar refractivity (Wildman–Crippen MR) is 41.2 cm³/mol. The van der Waals surface area contributed by atoms with Gasteiger partial charge in [0.05, 0.1) is 0 Å². The van der Waals surface area contributed by atoms with Crippen LogP contribution >= 0.6 is 0 Å². The quantitative estimate of drug-likeness (QED) is 0.582. The Kier molecular flexibility index (Phi) is 1.48. The molecule has 2 nitrogen and oxygen atoms in total. The molecule has 2 aliphatic rings. The van der Waals surface area contributed by atoms with Crippen LogP contribution in [0.3, 0.4) is 0 Å². The van der Waals surface area contributed by atoms with Crippen LogP contribution in [0.1, 0.15) is 25.7 Å². The van der Waals surface area contributed by atoms with E-state index in [4.69, 9.17) is 5.11 Å². The summed E-state index contributed by atoms with van der Waals surface area (Å²) in [7, 11) is 0. The van der Waals surface area contributed by atoms with Crippen LogP contribution in [0.25, 0.3) is 0 Å². The van der Waals surface area contributed by atoms with Gasteiger partial charge in [-0.2, -0.15) is 0 Å². The fourth-order valence-corrected chi connectivity index (χ4v) is 2.43. The summed E-state index contributed by atoms with van der Waals surface area (Å²) in [5, 5.41) is 8.53. The van der Waals surface area contributed by atoms with Crippen molar-refractivity contribution >= 4 is 5.97 Å². The van der Waals surface area contributed by atoms with Crippen molar-refractivity contribution in [2.45, 2.75) is 25.7 Å². The maximum atomic E-state index is 10.4. The molecule has 11 heavy (non-hydrogen) atoms. The molecule has 2 rings (SSSR count). The lowest BCUT2D eigenvalue weighted by molar-refractivity contribution is -0.131. The van der Waals surface area contributed by atoms with Gasteiger partial charge in [0.25, 0.3) is 0 Å². The molecule has 2 atom stereocenters. The molecule has 2 bridgehead atoms. The normalized spacial score (nSPS) is 38.4. The first kappa shape index (κ1) is 6.89. The van der Waals surface area contributed by atoms with Crippen LogP contribution in [0.2, 0.25) is 0 Å². The minimum absolute atomic E-state index is 0.621. The third-order valence-electron chi connectivity index (χ3n) is 2.90. The van der Waals surface area contributed by atoms with E-state index in [1.165, 1.54) is 30.9 Å². The zero-order chi connectivity index (χ0) is 7.84. The lowest BCUT2D eigenvalue weighted by atomic mass is 9.95. The third kappa shape index (κ3) is 1.17. The van der Waals surface area contributed by atoms with Crippen LogP contribution in [-0.2, 0) is 4.79 Å². The first-order valence-corrected chi connectivity index (χ1v) is 4.19. The maximum Gasteiger partial charge on any atom is 0.328 e. The number of rotatable bonds is 1. The van der Waals surface area contributed by atoms with E-state index in [0.717, 1.165) is 12.3 Å². The van der Waals surface area contributed by atoms with Gasteiger partial charge in [0, 0.05) is 6.08 Å². The highest BCUT2D eigenvalue weighted by Gasteiger charge is 2.35. The number of allylic oxidation sites excluding steroid dienone is 1. The lowest BCUT2D eigenvalue weighted by Crippen LogP contribution is -2.01. The van der Waals surface area contributed by atoms with Crippen LogP contribution in [0.15, 0.2) is 11.6 Å². The second-order valence-corrected chi connectivity index (χ2v) is 3.64. The summed E-state index contributed by atoms with van der Waals surface area (Å²) >= 11 is 0. The third-order valence-corrected chi connectivity index (χ3v) is 2.90. The summed E-state index contributed by atoms with van der Waals surface area (Å²) in [6.07, 6.45) is 6.27. The van der Waals surface area contributed by atoms with Crippen molar-refractivity contribution in [1.82, 2.24) is 0 Å². The minimum Gasteiger partial charge on any atom is -0.478 e. The van der Waals surface area contributed by atoms with Gasteiger partial charge in [-0.15, -0.1) is 0 Å². The van der Waals surface area contributed by atoms with Gasteiger partial charge < -0.3 is 5.11 Å². The Balaban J connectivity index is 2.13. The van der Waals surface area contributed by atoms with Gasteiger partial charge >= 0.3 is 5.97 Å². The van der Waals surface area contributed by atoms with E-state index in [1.54, 1.807) is 0 Å². The van der Waals surface area contributed by atoms with Gasteiger partial charge in [-0.1, -0.05) is 5.57 Å². The Morgan fingerprint density at radius 3 is 2.82 bits per heavy atom. The van der Waals surface area contributed by atoms with Gasteiger partial charge in [0.15, 0.2) is 0 Å². The summed E-state index contributed by atoms with van der Waals surface area (Å²) in [5.41, 5.74) is 1.19. The van der Waals surface area contributed by atoms with Crippen LogP contribution < -0.4 is 0 Å². The Labute approximate surface area is 65.9 Å². The molecule has 0 amide bonds. The van der Waals surface area contributed by atoms with E-state index in [0.29, 0.717) is 5.92 Å². The Hall–Kier alpha value is -0.790. The number of hydrogen-bond donors (Lipinski definition) is 1. The van der Waals surface area contributed by atoms with E-state index in [1.807, 2.05) is 0 Å². The molecular formula is C9H12O2. The monoisotopic (exact) mass is 152 g/mol. The zero-order valence-corrected chi connectivity index (χ0v) is 6.42. The SMILES string of the molecule is O=C(O)/C=C1/CC2CCC1C2. The summed E-state index contributed by atoms with van der Waals surface area (Å²) in [6, 6.07) is 0. The van der Waals surface area contributed by atoms with Crippen LogP contribution in [0.4, 0.5) is 0 Å². The molecule has 0 spiro atoms. The molecule has 1 N–H and O–H groups in total. The van der Waals surface area contributed by atoms with E-state index in [2.05, 4.69) is 0 Å². The zero-order valence-electron chi connectivity index (χ0n) is 6.42. The molecule has 0 heterocycles. The Morgan fingerprint density at radius 2 is 2.36 bits per heavy atom. The molecule has 0 aliphatic heterocycles. The number of carboxylic acids is 1. The van der Waals surface area contributed by atoms with Crippen molar-refractivity contribution in [1.29, 1.82) is 0 Å². The van der Waals surface area contributed by atoms with Gasteiger partial charge in [0.2, 0.25) is 0 Å². The average Bonchev–Trinajstić information content (AvgIpc) is 2.45. The molecule has 60 valence electrons. The van der Waals surface area contributed by atoms with E-state index < -0.39 is 5.97 Å². The van der Waals surface area contributed by atoms with Crippen molar-refractivity contribution in [3.8, 4) is 0 Å². The van der Waals surface area contributed by atoms with Crippen molar-refractivity contribution in [2.24, 2.45) is 11.8 Å². The van der Waals surface area contributed by atoms with Gasteiger partial charge in [-0.05, 0) is 37.5 Å². The molecule has 0 aromatic rings. The molecule has 0 radical (unpaired) electrons. The molecule has 2 heteroatoms. The summed E-state index contributed by atoms with van der Waals surface area (Å²) in [6.45, 7) is 0. The second-order valence-electron chi connectivity index (χ2n) is 3.64. The Morgan fingerprint density at radius 1 is 1.55 bits per heavy atom. The highest BCUT2D eigenvalue weighted by Crippen LogP contribution is 2.47. The highest BCUT2D eigenvalue weighted by atomic mass is 16.4. The number of carboxylic acid groups (broad SMARTS) is 1. The number of carbonyl (C=O) groups is 1. The minimum atomic E-state index is -0.771. The van der Waals surface area contributed by atoms with Crippen molar-refractivity contribution < 1.29 is 9.90 Å². The van der Waals surface area contributed by atoms with Crippen molar-refractivity contribution in [3.05, 3.63) is 11.6 Å². The standard InChI is InChI=1S/C9H12O2/c10-9(11)5-8-4-6-1-2-7(8)3-6/h5-7H,1-4H2,(H,10,11)/b8-5-. The number of aliphatic carboxylic acids is 1. The summed E-state index contributed by atoms with van der Waals surface area (Å²) < 4.78 is 0. The molecule has 2 saturated carbocycles. The summed E-state index contributed by atoms with van der Waals surface area (Å²) in [5.74, 6) is 0.661. The van der Waals surface area contributed by atoms with Crippen LogP contribution in [0.5, 0.6) is 0 Å². The molecule has 2 unspecified atom stereocenters. The van der Waals surface area contributed by atoms with Gasteiger partial charge in [0.1, 0.15) is 0 Å². The maximum absolute atomic E-state index is 10.4. The second kappa shape index (κ2) is 2.36. The molecule has 0 saturated heterocycles. The van der Waals surface area contributed by atoms with Crippen molar-refractivity contribution in [3.63, 3.8) is 0 Å². The first-order valence-electron chi connectivity index (χ1n) is 4.19.